The van der Waals surface area contributed by atoms with Crippen LogP contribution in [0, 0.1) is 5.21 Å². The van der Waals surface area contributed by atoms with Crippen LogP contribution in [0.5, 0.6) is 0 Å². The summed E-state index contributed by atoms with van der Waals surface area (Å²) in [4.78, 5) is 0. The molecular weight excluding hydrogens is 362 g/mol. The second-order valence-electron chi connectivity index (χ2n) is 8.62. The molecule has 2 rings (SSSR count). The first-order valence-electron chi connectivity index (χ1n) is 10.6. The Hall–Kier alpha value is -1.88. The maximum absolute atomic E-state index is 12.4. The maximum Gasteiger partial charge on any atom is 0.123 e. The standard InChI is InChI=1S/C25H36NO3/c1-18(2)10-8-11-19(3)12-9-13-20(4)16-17-25(28)22-14-6-7-15-23(22)26(29)21(5)24(25)27/h6-7,10,12,14-16,21,24,27-28H,8-9,11,13,17H2,1-5H3/q-1. The summed E-state index contributed by atoms with van der Waals surface area (Å²) in [5.41, 5.74) is 3.42. The number of rotatable bonds is 8. The van der Waals surface area contributed by atoms with E-state index in [-0.39, 0.29) is 0 Å². The van der Waals surface area contributed by atoms with Crippen LogP contribution in [0.2, 0.25) is 0 Å². The Labute approximate surface area is 175 Å². The summed E-state index contributed by atoms with van der Waals surface area (Å²) in [6, 6.07) is 6.31. The lowest BCUT2D eigenvalue weighted by Crippen LogP contribution is -2.55. The molecular formula is C25H36NO3-. The maximum atomic E-state index is 12.4. The zero-order chi connectivity index (χ0) is 21.6. The molecule has 4 heteroatoms. The van der Waals surface area contributed by atoms with Crippen molar-refractivity contribution >= 4 is 5.69 Å². The average molecular weight is 399 g/mol. The van der Waals surface area contributed by atoms with Crippen LogP contribution in [0.15, 0.2) is 59.2 Å². The Morgan fingerprint density at radius 2 is 1.62 bits per heavy atom. The van der Waals surface area contributed by atoms with E-state index in [9.17, 15) is 15.4 Å². The van der Waals surface area contributed by atoms with E-state index < -0.39 is 17.7 Å². The van der Waals surface area contributed by atoms with E-state index in [1.54, 1.807) is 31.2 Å². The minimum atomic E-state index is -1.45. The number of nitrogens with zero attached hydrogens (tertiary/aromatic N) is 1. The highest BCUT2D eigenvalue weighted by Gasteiger charge is 2.45. The van der Waals surface area contributed by atoms with Gasteiger partial charge in [0, 0.05) is 23.7 Å². The van der Waals surface area contributed by atoms with E-state index in [0.717, 1.165) is 30.7 Å². The molecule has 0 saturated carbocycles. The van der Waals surface area contributed by atoms with E-state index in [4.69, 9.17) is 0 Å². The Morgan fingerprint density at radius 3 is 2.28 bits per heavy atom. The highest BCUT2D eigenvalue weighted by atomic mass is 16.5. The first kappa shape index (κ1) is 23.4. The number of aliphatic hydroxyl groups is 2. The smallest absolute Gasteiger partial charge is 0.123 e. The summed E-state index contributed by atoms with van der Waals surface area (Å²) >= 11 is 0. The Kier molecular flexibility index (Phi) is 8.26. The SMILES string of the molecule is CC(C)=CCCC(C)=CCCC(C)=CCC1(O)c2ccccc2N([O-])C(C)C1O. The number of aliphatic hydroxyl groups excluding tert-OH is 1. The summed E-state index contributed by atoms with van der Waals surface area (Å²) in [6.45, 7) is 10.1. The summed E-state index contributed by atoms with van der Waals surface area (Å²) in [6.07, 6.45) is 9.74. The highest BCUT2D eigenvalue weighted by Crippen LogP contribution is 2.43. The molecule has 0 aromatic heterocycles. The molecule has 3 unspecified atom stereocenters. The van der Waals surface area contributed by atoms with Crippen molar-refractivity contribution < 1.29 is 10.2 Å². The summed E-state index contributed by atoms with van der Waals surface area (Å²) in [7, 11) is 0. The molecule has 0 aliphatic carbocycles. The number of para-hydroxylation sites is 1. The summed E-state index contributed by atoms with van der Waals surface area (Å²) in [5.74, 6) is 0. The minimum Gasteiger partial charge on any atom is -0.758 e. The lowest BCUT2D eigenvalue weighted by Gasteiger charge is -2.51. The second kappa shape index (κ2) is 10.2. The fourth-order valence-corrected chi connectivity index (χ4v) is 3.84. The first-order chi connectivity index (χ1) is 13.7. The molecule has 1 aliphatic rings. The van der Waals surface area contributed by atoms with Crippen molar-refractivity contribution in [1.82, 2.24) is 0 Å². The zero-order valence-electron chi connectivity index (χ0n) is 18.5. The number of hydrogen-bond acceptors (Lipinski definition) is 4. The van der Waals surface area contributed by atoms with Gasteiger partial charge in [-0.15, -0.1) is 0 Å². The van der Waals surface area contributed by atoms with Gasteiger partial charge in [0.25, 0.3) is 0 Å². The van der Waals surface area contributed by atoms with Gasteiger partial charge >= 0.3 is 0 Å². The molecule has 1 aromatic rings. The van der Waals surface area contributed by atoms with Crippen molar-refractivity contribution in [2.24, 2.45) is 0 Å². The number of anilines is 1. The third-order valence-corrected chi connectivity index (χ3v) is 5.81. The number of benzene rings is 1. The van der Waals surface area contributed by atoms with Crippen molar-refractivity contribution in [3.05, 3.63) is 70.0 Å². The van der Waals surface area contributed by atoms with Crippen molar-refractivity contribution in [3.8, 4) is 0 Å². The van der Waals surface area contributed by atoms with Gasteiger partial charge in [0.15, 0.2) is 0 Å². The average Bonchev–Trinajstić information content (AvgIpc) is 2.69. The van der Waals surface area contributed by atoms with E-state index in [1.165, 1.54) is 16.7 Å². The highest BCUT2D eigenvalue weighted by molar-refractivity contribution is 5.61. The van der Waals surface area contributed by atoms with Gasteiger partial charge in [0.1, 0.15) is 11.7 Å². The lowest BCUT2D eigenvalue weighted by molar-refractivity contribution is -0.0917. The van der Waals surface area contributed by atoms with E-state index in [0.29, 0.717) is 17.7 Å². The lowest BCUT2D eigenvalue weighted by atomic mass is 9.77. The van der Waals surface area contributed by atoms with Gasteiger partial charge in [-0.3, -0.25) is 0 Å². The van der Waals surface area contributed by atoms with Crippen LogP contribution in [0.25, 0.3) is 0 Å². The monoisotopic (exact) mass is 398 g/mol. The molecule has 29 heavy (non-hydrogen) atoms. The van der Waals surface area contributed by atoms with Crippen molar-refractivity contribution in [2.75, 3.05) is 5.06 Å². The molecule has 0 saturated heterocycles. The molecule has 0 fully saturated rings. The molecule has 4 nitrogen and oxygen atoms in total. The predicted molar refractivity (Wildman–Crippen MR) is 122 cm³/mol. The molecule has 0 radical (unpaired) electrons. The largest absolute Gasteiger partial charge is 0.758 e. The third kappa shape index (κ3) is 5.81. The zero-order valence-corrected chi connectivity index (χ0v) is 18.5. The van der Waals surface area contributed by atoms with E-state index >= 15 is 0 Å². The Morgan fingerprint density at radius 1 is 1.03 bits per heavy atom. The van der Waals surface area contributed by atoms with Crippen molar-refractivity contribution in [1.29, 1.82) is 0 Å². The van der Waals surface area contributed by atoms with E-state index in [1.807, 2.05) is 6.08 Å². The van der Waals surface area contributed by atoms with Gasteiger partial charge in [-0.05, 0) is 66.4 Å². The quantitative estimate of drug-likeness (QED) is 0.547. The number of fused-ring (bicyclic) bond motifs is 1. The Bertz CT molecular complexity index is 776. The van der Waals surface area contributed by atoms with Crippen LogP contribution in [-0.2, 0) is 5.60 Å². The van der Waals surface area contributed by atoms with Gasteiger partial charge in [-0.25, -0.2) is 0 Å². The van der Waals surface area contributed by atoms with Crippen molar-refractivity contribution in [2.45, 2.75) is 84.5 Å². The fraction of sp³-hybridized carbons (Fsp3) is 0.520. The number of hydrogen-bond donors (Lipinski definition) is 2. The molecule has 0 amide bonds. The van der Waals surface area contributed by atoms with Gasteiger partial charge in [-0.1, -0.05) is 53.1 Å². The van der Waals surface area contributed by atoms with Crippen LogP contribution in [-0.4, -0.2) is 22.4 Å². The first-order valence-corrected chi connectivity index (χ1v) is 10.6. The topological polar surface area (TPSA) is 66.8 Å². The van der Waals surface area contributed by atoms with Gasteiger partial charge in [0.05, 0.1) is 0 Å². The molecule has 2 N–H and O–H groups in total. The Balaban J connectivity index is 2.02. The van der Waals surface area contributed by atoms with Crippen molar-refractivity contribution in [3.63, 3.8) is 0 Å². The van der Waals surface area contributed by atoms with Gasteiger partial charge in [-0.2, -0.15) is 0 Å². The summed E-state index contributed by atoms with van der Waals surface area (Å²) < 4.78 is 0. The normalized spacial score (nSPS) is 25.0. The van der Waals surface area contributed by atoms with Gasteiger partial charge < -0.3 is 20.5 Å². The van der Waals surface area contributed by atoms with Crippen LogP contribution in [0.3, 0.4) is 0 Å². The fourth-order valence-electron chi connectivity index (χ4n) is 3.84. The van der Waals surface area contributed by atoms with Crippen LogP contribution < -0.4 is 5.06 Å². The number of allylic oxidation sites excluding steroid dienone is 5. The molecule has 3 atom stereocenters. The third-order valence-electron chi connectivity index (χ3n) is 5.81. The molecule has 0 spiro atoms. The minimum absolute atomic E-state index is 0.290. The van der Waals surface area contributed by atoms with Crippen LogP contribution >= 0.6 is 0 Å². The summed E-state index contributed by atoms with van der Waals surface area (Å²) in [5, 5.41) is 35.2. The molecule has 160 valence electrons. The van der Waals surface area contributed by atoms with Crippen LogP contribution in [0.1, 0.15) is 72.3 Å². The molecule has 1 heterocycles. The second-order valence-corrected chi connectivity index (χ2v) is 8.62. The molecule has 0 bridgehead atoms. The molecule has 1 aliphatic heterocycles. The molecule has 1 aromatic carbocycles. The number of hydroxylamine groups is 1. The van der Waals surface area contributed by atoms with E-state index in [2.05, 4.69) is 39.8 Å². The van der Waals surface area contributed by atoms with Gasteiger partial charge in [0.2, 0.25) is 0 Å². The van der Waals surface area contributed by atoms with Crippen LogP contribution in [0.4, 0.5) is 5.69 Å². The predicted octanol–water partition coefficient (Wildman–Crippen LogP) is 5.75.